The lowest BCUT2D eigenvalue weighted by Gasteiger charge is -2.39. The second kappa shape index (κ2) is 36.3. The molecule has 0 aromatic carbocycles. The van der Waals surface area contributed by atoms with E-state index >= 15 is 0 Å². The van der Waals surface area contributed by atoms with Gasteiger partial charge in [0, 0.05) is 13.0 Å². The molecule has 9 heteroatoms. The van der Waals surface area contributed by atoms with Crippen LogP contribution in [0.25, 0.3) is 0 Å². The van der Waals surface area contributed by atoms with Gasteiger partial charge < -0.3 is 39.4 Å². The fourth-order valence-corrected chi connectivity index (χ4v) is 6.64. The van der Waals surface area contributed by atoms with Gasteiger partial charge in [0.05, 0.1) is 19.8 Å². The molecule has 4 N–H and O–H groups in total. The van der Waals surface area contributed by atoms with Crippen molar-refractivity contribution in [2.75, 3.05) is 26.4 Å². The van der Waals surface area contributed by atoms with E-state index in [0.29, 0.717) is 13.0 Å². The number of esters is 1. The van der Waals surface area contributed by atoms with Crippen LogP contribution in [-0.2, 0) is 23.7 Å². The normalized spacial score (nSPS) is 21.2. The molecule has 0 aromatic rings. The van der Waals surface area contributed by atoms with E-state index < -0.39 is 43.4 Å². The van der Waals surface area contributed by atoms with Gasteiger partial charge in [-0.15, -0.1) is 0 Å². The monoisotopic (exact) mass is 755 g/mol. The number of hydrogen-bond donors (Lipinski definition) is 4. The van der Waals surface area contributed by atoms with E-state index in [1.165, 1.54) is 122 Å². The van der Waals surface area contributed by atoms with Crippen molar-refractivity contribution >= 4 is 5.97 Å². The van der Waals surface area contributed by atoms with Gasteiger partial charge in [0.2, 0.25) is 0 Å². The maximum absolute atomic E-state index is 12.8. The summed E-state index contributed by atoms with van der Waals surface area (Å²) in [5, 5.41) is 40.1. The third-order valence-electron chi connectivity index (χ3n) is 10.1. The predicted octanol–water partition coefficient (Wildman–Crippen LogP) is 9.42. The lowest BCUT2D eigenvalue weighted by atomic mass is 9.99. The van der Waals surface area contributed by atoms with Gasteiger partial charge in [0.15, 0.2) is 6.29 Å². The molecule has 0 aromatic heterocycles. The number of hydrogen-bond acceptors (Lipinski definition) is 9. The van der Waals surface area contributed by atoms with Crippen molar-refractivity contribution in [1.29, 1.82) is 0 Å². The Morgan fingerprint density at radius 3 is 1.66 bits per heavy atom. The van der Waals surface area contributed by atoms with Gasteiger partial charge in [0.1, 0.15) is 30.5 Å². The first-order valence-corrected chi connectivity index (χ1v) is 21.9. The van der Waals surface area contributed by atoms with E-state index in [2.05, 4.69) is 38.2 Å². The summed E-state index contributed by atoms with van der Waals surface area (Å²) in [7, 11) is 0. The van der Waals surface area contributed by atoms with Crippen molar-refractivity contribution in [3.05, 3.63) is 24.3 Å². The molecule has 0 bridgehead atoms. The highest BCUT2D eigenvalue weighted by molar-refractivity contribution is 5.69. The summed E-state index contributed by atoms with van der Waals surface area (Å²) in [6.45, 7) is 4.54. The summed E-state index contributed by atoms with van der Waals surface area (Å²) in [5.41, 5.74) is 0. The van der Waals surface area contributed by atoms with Crippen molar-refractivity contribution in [2.24, 2.45) is 0 Å². The maximum atomic E-state index is 12.8. The van der Waals surface area contributed by atoms with Gasteiger partial charge in [-0.1, -0.05) is 160 Å². The topological polar surface area (TPSA) is 135 Å². The largest absolute Gasteiger partial charge is 0.457 e. The Balaban J connectivity index is 2.28. The number of carbonyl (C=O) groups is 1. The molecule has 1 aliphatic heterocycles. The summed E-state index contributed by atoms with van der Waals surface area (Å²) in [6, 6.07) is 0. The Kier molecular flexibility index (Phi) is 34.0. The molecule has 312 valence electrons. The van der Waals surface area contributed by atoms with Crippen LogP contribution in [0.2, 0.25) is 0 Å². The molecule has 0 saturated carbocycles. The molecule has 6 unspecified atom stereocenters. The second-order valence-corrected chi connectivity index (χ2v) is 15.1. The van der Waals surface area contributed by atoms with Gasteiger partial charge in [0.25, 0.3) is 0 Å². The summed E-state index contributed by atoms with van der Waals surface area (Å²) in [6.07, 6.45) is 33.4. The first-order valence-electron chi connectivity index (χ1n) is 21.9. The molecule has 0 radical (unpaired) electrons. The molecule has 1 heterocycles. The highest BCUT2D eigenvalue weighted by Crippen LogP contribution is 2.22. The summed E-state index contributed by atoms with van der Waals surface area (Å²) in [4.78, 5) is 12.8. The molecule has 1 aliphatic rings. The lowest BCUT2D eigenvalue weighted by Crippen LogP contribution is -2.59. The number of ether oxygens (including phenoxy) is 4. The van der Waals surface area contributed by atoms with Crippen molar-refractivity contribution in [1.82, 2.24) is 0 Å². The summed E-state index contributed by atoms with van der Waals surface area (Å²) >= 11 is 0. The summed E-state index contributed by atoms with van der Waals surface area (Å²) in [5.74, 6) is -0.320. The number of unbranched alkanes of at least 4 members (excludes halogenated alkanes) is 22. The quantitative estimate of drug-likeness (QED) is 0.0278. The Labute approximate surface area is 324 Å². The number of allylic oxidation sites excluding steroid dienone is 4. The number of aliphatic hydroxyl groups excluding tert-OH is 4. The fourth-order valence-electron chi connectivity index (χ4n) is 6.64. The Morgan fingerprint density at radius 2 is 1.09 bits per heavy atom. The maximum Gasteiger partial charge on any atom is 0.306 e. The van der Waals surface area contributed by atoms with Crippen LogP contribution in [0, 0.1) is 0 Å². The Hall–Kier alpha value is -1.33. The highest BCUT2D eigenvalue weighted by atomic mass is 16.7. The van der Waals surface area contributed by atoms with E-state index in [1.54, 1.807) is 0 Å². The van der Waals surface area contributed by atoms with Crippen molar-refractivity contribution in [2.45, 2.75) is 224 Å². The van der Waals surface area contributed by atoms with Crippen LogP contribution in [0.5, 0.6) is 0 Å². The second-order valence-electron chi connectivity index (χ2n) is 15.1. The van der Waals surface area contributed by atoms with Crippen molar-refractivity contribution in [3.63, 3.8) is 0 Å². The molecule has 0 amide bonds. The number of carbonyl (C=O) groups excluding carboxylic acids is 1. The zero-order valence-corrected chi connectivity index (χ0v) is 34.0. The van der Waals surface area contributed by atoms with Gasteiger partial charge in [-0.05, 0) is 44.9 Å². The van der Waals surface area contributed by atoms with Crippen LogP contribution in [0.4, 0.5) is 0 Å². The number of rotatable bonds is 37. The van der Waals surface area contributed by atoms with Gasteiger partial charge in [-0.2, -0.15) is 0 Å². The Morgan fingerprint density at radius 1 is 0.604 bits per heavy atom. The molecule has 1 fully saturated rings. The minimum absolute atomic E-state index is 0.113. The van der Waals surface area contributed by atoms with E-state index in [1.807, 2.05) is 0 Å². The predicted molar refractivity (Wildman–Crippen MR) is 215 cm³/mol. The summed E-state index contributed by atoms with van der Waals surface area (Å²) < 4.78 is 22.8. The average molecular weight is 755 g/mol. The molecule has 1 saturated heterocycles. The van der Waals surface area contributed by atoms with E-state index in [4.69, 9.17) is 18.9 Å². The smallest absolute Gasteiger partial charge is 0.306 e. The molecular formula is C44H82O9. The van der Waals surface area contributed by atoms with Crippen LogP contribution in [0.1, 0.15) is 187 Å². The van der Waals surface area contributed by atoms with Gasteiger partial charge >= 0.3 is 5.97 Å². The SMILES string of the molecule is CCCCC/C=C\C/C=C\CCCCCCCCCC(=O)OC(COCCCCCCCCCCCCCCC)COC1OC(CO)C(O)C(O)C1O. The molecule has 0 spiro atoms. The van der Waals surface area contributed by atoms with Gasteiger partial charge in [-0.25, -0.2) is 0 Å². The zero-order valence-electron chi connectivity index (χ0n) is 34.0. The van der Waals surface area contributed by atoms with Crippen LogP contribution >= 0.6 is 0 Å². The molecular weight excluding hydrogens is 672 g/mol. The minimum atomic E-state index is -1.53. The minimum Gasteiger partial charge on any atom is -0.457 e. The van der Waals surface area contributed by atoms with E-state index in [-0.39, 0.29) is 19.2 Å². The molecule has 53 heavy (non-hydrogen) atoms. The average Bonchev–Trinajstić information content (AvgIpc) is 3.16. The van der Waals surface area contributed by atoms with Crippen molar-refractivity contribution < 1.29 is 44.2 Å². The third kappa shape index (κ3) is 27.8. The number of aliphatic hydroxyl groups is 4. The molecule has 0 aliphatic carbocycles. The lowest BCUT2D eigenvalue weighted by molar-refractivity contribution is -0.305. The first-order chi connectivity index (χ1) is 25.9. The third-order valence-corrected chi connectivity index (χ3v) is 10.1. The van der Waals surface area contributed by atoms with E-state index in [9.17, 15) is 25.2 Å². The molecule has 1 rings (SSSR count). The van der Waals surface area contributed by atoms with Crippen LogP contribution in [0.3, 0.4) is 0 Å². The standard InChI is InChI=1S/C44H82O9/c1-3-5-7-9-11-13-15-17-18-19-20-21-23-25-27-29-31-33-40(46)52-38(37-51-44-43(49)42(48)41(47)39(35-45)53-44)36-50-34-32-30-28-26-24-22-16-14-12-10-8-6-4-2/h11,13,17-18,38-39,41-45,47-49H,3-10,12,14-16,19-37H2,1-2H3/b13-11-,18-17-. The van der Waals surface area contributed by atoms with E-state index in [0.717, 1.165) is 44.9 Å². The van der Waals surface area contributed by atoms with Gasteiger partial charge in [-0.3, -0.25) is 4.79 Å². The van der Waals surface area contributed by atoms with Crippen LogP contribution in [-0.4, -0.2) is 89.6 Å². The first kappa shape index (κ1) is 49.7. The Bertz CT molecular complexity index is 864. The van der Waals surface area contributed by atoms with Crippen LogP contribution in [0.15, 0.2) is 24.3 Å². The van der Waals surface area contributed by atoms with Crippen molar-refractivity contribution in [3.8, 4) is 0 Å². The molecule has 9 nitrogen and oxygen atoms in total. The zero-order chi connectivity index (χ0) is 38.6. The molecule has 6 atom stereocenters. The fraction of sp³-hybridized carbons (Fsp3) is 0.886. The highest BCUT2D eigenvalue weighted by Gasteiger charge is 2.44. The van der Waals surface area contributed by atoms with Crippen LogP contribution < -0.4 is 0 Å².